The summed E-state index contributed by atoms with van der Waals surface area (Å²) in [5.74, 6) is 1.72. The number of rotatable bonds is 3. The molecule has 0 saturated carbocycles. The van der Waals surface area contributed by atoms with Crippen LogP contribution in [-0.4, -0.2) is 58.4 Å². The molecule has 7 nitrogen and oxygen atoms in total. The van der Waals surface area contributed by atoms with Crippen LogP contribution in [0.15, 0.2) is 23.0 Å². The average molecular weight is 343 g/mol. The molecule has 0 aromatic carbocycles. The van der Waals surface area contributed by atoms with Gasteiger partial charge in [-0.05, 0) is 39.3 Å². The van der Waals surface area contributed by atoms with Gasteiger partial charge < -0.3 is 14.2 Å². The number of piperidine rings is 1. The van der Waals surface area contributed by atoms with Gasteiger partial charge in [0.1, 0.15) is 5.76 Å². The second-order valence-electron chi connectivity index (χ2n) is 7.12. The van der Waals surface area contributed by atoms with Gasteiger partial charge in [0.25, 0.3) is 0 Å². The Morgan fingerprint density at radius 2 is 2.00 bits per heavy atom. The molecule has 2 aromatic rings. The van der Waals surface area contributed by atoms with E-state index in [9.17, 15) is 0 Å². The Labute approximate surface area is 148 Å². The predicted octanol–water partition coefficient (Wildman–Crippen LogP) is 1.95. The van der Waals surface area contributed by atoms with Gasteiger partial charge in [0.2, 0.25) is 5.95 Å². The Balaban J connectivity index is 1.48. The molecule has 1 spiro atoms. The lowest BCUT2D eigenvalue weighted by Crippen LogP contribution is -2.60. The number of morpholine rings is 1. The summed E-state index contributed by atoms with van der Waals surface area (Å²) in [5, 5.41) is 4.08. The summed E-state index contributed by atoms with van der Waals surface area (Å²) in [6, 6.07) is 1.85. The highest BCUT2D eigenvalue weighted by atomic mass is 16.5. The van der Waals surface area contributed by atoms with Gasteiger partial charge in [-0.3, -0.25) is 4.90 Å². The van der Waals surface area contributed by atoms with Gasteiger partial charge in [0, 0.05) is 37.6 Å². The summed E-state index contributed by atoms with van der Waals surface area (Å²) in [4.78, 5) is 13.5. The molecule has 4 rings (SSSR count). The lowest BCUT2D eigenvalue weighted by molar-refractivity contribution is -0.0989. The molecule has 1 atom stereocenters. The fourth-order valence-electron chi connectivity index (χ4n) is 3.99. The number of ether oxygens (including phenoxy) is 1. The van der Waals surface area contributed by atoms with E-state index < -0.39 is 0 Å². The number of likely N-dealkylation sites (tertiary alicyclic amines) is 1. The number of nitrogens with zero attached hydrogens (tertiary/aromatic N) is 5. The van der Waals surface area contributed by atoms with Gasteiger partial charge in [-0.2, -0.15) is 0 Å². The molecule has 2 saturated heterocycles. The molecular formula is C18H25N5O2. The lowest BCUT2D eigenvalue weighted by Gasteiger charge is -2.48. The van der Waals surface area contributed by atoms with E-state index in [0.29, 0.717) is 0 Å². The summed E-state index contributed by atoms with van der Waals surface area (Å²) in [6.07, 6.45) is 5.81. The van der Waals surface area contributed by atoms with Gasteiger partial charge in [0.05, 0.1) is 24.4 Å². The molecule has 0 bridgehead atoms. The van der Waals surface area contributed by atoms with Crippen molar-refractivity contribution in [2.24, 2.45) is 0 Å². The molecule has 4 heterocycles. The average Bonchev–Trinajstić information content (AvgIpc) is 2.95. The van der Waals surface area contributed by atoms with Crippen molar-refractivity contribution in [3.8, 4) is 0 Å². The maximum atomic E-state index is 6.29. The van der Waals surface area contributed by atoms with Crippen molar-refractivity contribution < 1.29 is 9.26 Å². The van der Waals surface area contributed by atoms with Crippen LogP contribution in [0.4, 0.5) is 5.95 Å². The Bertz CT molecular complexity index is 696. The smallest absolute Gasteiger partial charge is 0.225 e. The SMILES string of the molecule is Cc1noc(C)c1CN1CCC[C@@]2(C1)CN(c1ncccn1)CCO2. The standard InChI is InChI=1S/C18H25N5O2/c1-14-16(15(2)25-21-14)11-22-8-3-5-18(12-22)13-23(9-10-24-18)17-19-6-4-7-20-17/h4,6-7H,3,5,8-13H2,1-2H3/t18-/m1/s1. The zero-order valence-corrected chi connectivity index (χ0v) is 14.9. The maximum absolute atomic E-state index is 6.29. The van der Waals surface area contributed by atoms with Crippen LogP contribution in [0.25, 0.3) is 0 Å². The van der Waals surface area contributed by atoms with E-state index in [0.717, 1.165) is 69.6 Å². The van der Waals surface area contributed by atoms with Crippen LogP contribution in [-0.2, 0) is 11.3 Å². The van der Waals surface area contributed by atoms with Gasteiger partial charge in [-0.1, -0.05) is 5.16 Å². The minimum Gasteiger partial charge on any atom is -0.370 e. The van der Waals surface area contributed by atoms with E-state index in [2.05, 4.69) is 24.9 Å². The predicted molar refractivity (Wildman–Crippen MR) is 93.4 cm³/mol. The summed E-state index contributed by atoms with van der Waals surface area (Å²) in [6.45, 7) is 9.27. The Hall–Kier alpha value is -1.99. The summed E-state index contributed by atoms with van der Waals surface area (Å²) >= 11 is 0. The fourth-order valence-corrected chi connectivity index (χ4v) is 3.99. The summed E-state index contributed by atoms with van der Waals surface area (Å²) in [5.41, 5.74) is 2.05. The third-order valence-corrected chi connectivity index (χ3v) is 5.26. The van der Waals surface area contributed by atoms with Crippen molar-refractivity contribution in [1.29, 1.82) is 0 Å². The van der Waals surface area contributed by atoms with Crippen LogP contribution in [0.2, 0.25) is 0 Å². The van der Waals surface area contributed by atoms with Crippen LogP contribution in [0, 0.1) is 13.8 Å². The third-order valence-electron chi connectivity index (χ3n) is 5.26. The summed E-state index contributed by atoms with van der Waals surface area (Å²) < 4.78 is 11.6. The molecule has 2 aliphatic rings. The Kier molecular flexibility index (Phi) is 4.43. The zero-order valence-electron chi connectivity index (χ0n) is 14.9. The second-order valence-corrected chi connectivity index (χ2v) is 7.12. The first kappa shape index (κ1) is 16.5. The highest BCUT2D eigenvalue weighted by molar-refractivity contribution is 5.31. The van der Waals surface area contributed by atoms with Crippen molar-refractivity contribution in [1.82, 2.24) is 20.0 Å². The number of hydrogen-bond donors (Lipinski definition) is 0. The Morgan fingerprint density at radius 3 is 2.76 bits per heavy atom. The van der Waals surface area contributed by atoms with Crippen molar-refractivity contribution in [3.05, 3.63) is 35.5 Å². The van der Waals surface area contributed by atoms with Crippen LogP contribution in [0.3, 0.4) is 0 Å². The van der Waals surface area contributed by atoms with Crippen molar-refractivity contribution in [3.63, 3.8) is 0 Å². The molecule has 0 aliphatic carbocycles. The minimum absolute atomic E-state index is 0.144. The zero-order chi connectivity index (χ0) is 17.3. The molecule has 2 aromatic heterocycles. The topological polar surface area (TPSA) is 67.5 Å². The van der Waals surface area contributed by atoms with Gasteiger partial charge in [-0.15, -0.1) is 0 Å². The molecule has 25 heavy (non-hydrogen) atoms. The van der Waals surface area contributed by atoms with Gasteiger partial charge >= 0.3 is 0 Å². The van der Waals surface area contributed by atoms with Crippen LogP contribution in [0.1, 0.15) is 29.9 Å². The van der Waals surface area contributed by atoms with E-state index in [1.165, 1.54) is 5.56 Å². The molecule has 2 fully saturated rings. The number of anilines is 1. The number of aromatic nitrogens is 3. The molecule has 0 amide bonds. The van der Waals surface area contributed by atoms with E-state index in [-0.39, 0.29) is 5.60 Å². The summed E-state index contributed by atoms with van der Waals surface area (Å²) in [7, 11) is 0. The van der Waals surface area contributed by atoms with Crippen LogP contribution in [0.5, 0.6) is 0 Å². The molecule has 0 unspecified atom stereocenters. The van der Waals surface area contributed by atoms with E-state index in [1.807, 2.05) is 19.9 Å². The van der Waals surface area contributed by atoms with Crippen LogP contribution >= 0.6 is 0 Å². The molecule has 134 valence electrons. The van der Waals surface area contributed by atoms with E-state index >= 15 is 0 Å². The highest BCUT2D eigenvalue weighted by Gasteiger charge is 2.41. The molecule has 0 radical (unpaired) electrons. The fraction of sp³-hybridized carbons (Fsp3) is 0.611. The quantitative estimate of drug-likeness (QED) is 0.844. The minimum atomic E-state index is -0.144. The molecule has 7 heteroatoms. The van der Waals surface area contributed by atoms with Gasteiger partial charge in [-0.25, -0.2) is 9.97 Å². The first-order chi connectivity index (χ1) is 12.2. The second kappa shape index (κ2) is 6.72. The van der Waals surface area contributed by atoms with Crippen molar-refractivity contribution in [2.75, 3.05) is 37.7 Å². The van der Waals surface area contributed by atoms with Crippen LogP contribution < -0.4 is 4.90 Å². The molecule has 2 aliphatic heterocycles. The maximum Gasteiger partial charge on any atom is 0.225 e. The lowest BCUT2D eigenvalue weighted by atomic mass is 9.90. The molecular weight excluding hydrogens is 318 g/mol. The molecule has 0 N–H and O–H groups in total. The number of aryl methyl sites for hydroxylation is 2. The van der Waals surface area contributed by atoms with E-state index in [1.54, 1.807) is 12.4 Å². The normalized spacial score (nSPS) is 24.8. The Morgan fingerprint density at radius 1 is 1.16 bits per heavy atom. The third kappa shape index (κ3) is 3.39. The van der Waals surface area contributed by atoms with Crippen molar-refractivity contribution >= 4 is 5.95 Å². The number of hydrogen-bond acceptors (Lipinski definition) is 7. The largest absolute Gasteiger partial charge is 0.370 e. The monoisotopic (exact) mass is 343 g/mol. The van der Waals surface area contributed by atoms with Gasteiger partial charge in [0.15, 0.2) is 0 Å². The first-order valence-electron chi connectivity index (χ1n) is 8.95. The highest BCUT2D eigenvalue weighted by Crippen LogP contribution is 2.31. The first-order valence-corrected chi connectivity index (χ1v) is 8.95. The van der Waals surface area contributed by atoms with Crippen molar-refractivity contribution in [2.45, 2.75) is 38.8 Å². The van der Waals surface area contributed by atoms with E-state index in [4.69, 9.17) is 9.26 Å².